The van der Waals surface area contributed by atoms with Crippen LogP contribution in [0.4, 0.5) is 0 Å². The van der Waals surface area contributed by atoms with E-state index in [0.717, 1.165) is 5.56 Å². The molecule has 0 amide bonds. The van der Waals surface area contributed by atoms with Gasteiger partial charge in [0.1, 0.15) is 6.04 Å². The first kappa shape index (κ1) is 12.4. The quantitative estimate of drug-likeness (QED) is 0.738. The van der Waals surface area contributed by atoms with E-state index in [9.17, 15) is 4.79 Å². The highest BCUT2D eigenvalue weighted by Gasteiger charge is 2.15. The second kappa shape index (κ2) is 6.07. The predicted octanol–water partition coefficient (Wildman–Crippen LogP) is 0.523. The second-order valence-corrected chi connectivity index (χ2v) is 3.27. The van der Waals surface area contributed by atoms with Crippen molar-refractivity contribution in [2.75, 3.05) is 13.7 Å². The molecule has 1 aromatic heterocycles. The number of nitrogens with zero attached hydrogens (tertiary/aromatic N) is 1. The summed E-state index contributed by atoms with van der Waals surface area (Å²) in [6, 6.07) is 2.91. The molecule has 0 bridgehead atoms. The molecule has 1 aromatic rings. The fourth-order valence-corrected chi connectivity index (χ4v) is 1.24. The molecule has 16 heavy (non-hydrogen) atoms. The van der Waals surface area contributed by atoms with E-state index in [-0.39, 0.29) is 0 Å². The molecule has 2 N–H and O–H groups in total. The summed E-state index contributed by atoms with van der Waals surface area (Å²) in [6.07, 6.45) is 2.05. The van der Waals surface area contributed by atoms with Crippen molar-refractivity contribution in [2.45, 2.75) is 19.4 Å². The van der Waals surface area contributed by atoms with Gasteiger partial charge in [-0.15, -0.1) is 0 Å². The van der Waals surface area contributed by atoms with Crippen molar-refractivity contribution in [1.29, 1.82) is 0 Å². The monoisotopic (exact) mass is 224 g/mol. The molecule has 0 aliphatic carbocycles. The van der Waals surface area contributed by atoms with E-state index in [1.807, 2.05) is 6.07 Å². The number of pyridine rings is 1. The molecule has 0 aromatic carbocycles. The van der Waals surface area contributed by atoms with Gasteiger partial charge in [0.2, 0.25) is 5.88 Å². The summed E-state index contributed by atoms with van der Waals surface area (Å²) in [5, 5.41) is 0. The maximum absolute atomic E-state index is 11.3. The highest BCUT2D eigenvalue weighted by atomic mass is 16.5. The van der Waals surface area contributed by atoms with Crippen LogP contribution in [-0.2, 0) is 16.0 Å². The molecule has 5 nitrogen and oxygen atoms in total. The molecule has 0 unspecified atom stereocenters. The lowest BCUT2D eigenvalue weighted by Gasteiger charge is -2.10. The van der Waals surface area contributed by atoms with Crippen LogP contribution in [0.5, 0.6) is 5.88 Å². The average molecular weight is 224 g/mol. The Labute approximate surface area is 94.6 Å². The van der Waals surface area contributed by atoms with Crippen LogP contribution in [0.25, 0.3) is 0 Å². The molecule has 0 fully saturated rings. The maximum Gasteiger partial charge on any atom is 0.323 e. The number of hydrogen-bond acceptors (Lipinski definition) is 5. The van der Waals surface area contributed by atoms with Crippen molar-refractivity contribution in [2.24, 2.45) is 5.73 Å². The van der Waals surface area contributed by atoms with Crippen molar-refractivity contribution < 1.29 is 14.3 Å². The number of esters is 1. The smallest absolute Gasteiger partial charge is 0.323 e. The summed E-state index contributed by atoms with van der Waals surface area (Å²) < 4.78 is 9.74. The number of carbonyl (C=O) groups excluding carboxylic acids is 1. The minimum Gasteiger partial charge on any atom is -0.481 e. The fraction of sp³-hybridized carbons (Fsp3) is 0.455. The number of nitrogens with two attached hydrogens (primary N) is 1. The molecule has 1 atom stereocenters. The number of hydrogen-bond donors (Lipinski definition) is 1. The van der Waals surface area contributed by atoms with Gasteiger partial charge in [-0.1, -0.05) is 6.07 Å². The van der Waals surface area contributed by atoms with Gasteiger partial charge in [-0.05, 0) is 18.9 Å². The van der Waals surface area contributed by atoms with Crippen molar-refractivity contribution in [3.8, 4) is 5.88 Å². The number of aromatic nitrogens is 1. The minimum absolute atomic E-state index is 0.341. The van der Waals surface area contributed by atoms with Crippen molar-refractivity contribution >= 4 is 5.97 Å². The Morgan fingerprint density at radius 1 is 1.56 bits per heavy atom. The van der Waals surface area contributed by atoms with Gasteiger partial charge >= 0.3 is 5.97 Å². The van der Waals surface area contributed by atoms with E-state index >= 15 is 0 Å². The zero-order valence-corrected chi connectivity index (χ0v) is 9.47. The number of rotatable bonds is 5. The molecule has 0 spiro atoms. The van der Waals surface area contributed by atoms with E-state index in [1.54, 1.807) is 26.3 Å². The second-order valence-electron chi connectivity index (χ2n) is 3.27. The third-order valence-corrected chi connectivity index (χ3v) is 2.05. The molecule has 0 saturated heterocycles. The average Bonchev–Trinajstić information content (AvgIpc) is 2.30. The Hall–Kier alpha value is -1.62. The summed E-state index contributed by atoms with van der Waals surface area (Å²) in [5.74, 6) is 0.145. The van der Waals surface area contributed by atoms with E-state index in [1.165, 1.54) is 0 Å². The Balaban J connectivity index is 2.55. The number of ether oxygens (including phenoxy) is 2. The lowest BCUT2D eigenvalue weighted by atomic mass is 10.1. The number of carbonyl (C=O) groups is 1. The van der Waals surface area contributed by atoms with Crippen LogP contribution in [0.3, 0.4) is 0 Å². The highest BCUT2D eigenvalue weighted by molar-refractivity contribution is 5.75. The van der Waals surface area contributed by atoms with Crippen LogP contribution in [0, 0.1) is 0 Å². The molecule has 1 rings (SSSR count). The Morgan fingerprint density at radius 3 is 2.81 bits per heavy atom. The zero-order chi connectivity index (χ0) is 12.0. The van der Waals surface area contributed by atoms with Gasteiger partial charge in [0.15, 0.2) is 0 Å². The van der Waals surface area contributed by atoms with Gasteiger partial charge in [-0.2, -0.15) is 0 Å². The molecular formula is C11H16N2O3. The van der Waals surface area contributed by atoms with Crippen molar-refractivity contribution in [3.63, 3.8) is 0 Å². The minimum atomic E-state index is -0.643. The van der Waals surface area contributed by atoms with Crippen LogP contribution >= 0.6 is 0 Å². The van der Waals surface area contributed by atoms with Gasteiger partial charge in [-0.3, -0.25) is 4.79 Å². The Bertz CT molecular complexity index is 338. The third-order valence-electron chi connectivity index (χ3n) is 2.05. The summed E-state index contributed by atoms with van der Waals surface area (Å²) in [7, 11) is 1.55. The van der Waals surface area contributed by atoms with Crippen molar-refractivity contribution in [3.05, 3.63) is 23.9 Å². The molecule has 5 heteroatoms. The Kier molecular flexibility index (Phi) is 4.72. The van der Waals surface area contributed by atoms with Crippen LogP contribution in [0.2, 0.25) is 0 Å². The lowest BCUT2D eigenvalue weighted by molar-refractivity contribution is -0.144. The third kappa shape index (κ3) is 3.51. The summed E-state index contributed by atoms with van der Waals surface area (Å²) in [4.78, 5) is 15.3. The summed E-state index contributed by atoms with van der Waals surface area (Å²) in [5.41, 5.74) is 6.55. The highest BCUT2D eigenvalue weighted by Crippen LogP contribution is 2.08. The van der Waals surface area contributed by atoms with Crippen LogP contribution in [0.15, 0.2) is 18.3 Å². The lowest BCUT2D eigenvalue weighted by Crippen LogP contribution is -2.34. The van der Waals surface area contributed by atoms with E-state index in [4.69, 9.17) is 15.2 Å². The van der Waals surface area contributed by atoms with Gasteiger partial charge in [-0.25, -0.2) is 4.98 Å². The molecule has 1 heterocycles. The van der Waals surface area contributed by atoms with Gasteiger partial charge < -0.3 is 15.2 Å². The van der Waals surface area contributed by atoms with Gasteiger partial charge in [0, 0.05) is 12.3 Å². The zero-order valence-electron chi connectivity index (χ0n) is 9.47. The maximum atomic E-state index is 11.3. The summed E-state index contributed by atoms with van der Waals surface area (Å²) in [6.45, 7) is 2.09. The molecule has 0 saturated carbocycles. The first-order valence-electron chi connectivity index (χ1n) is 5.08. The molecule has 0 radical (unpaired) electrons. The van der Waals surface area contributed by atoms with Gasteiger partial charge in [0.05, 0.1) is 13.7 Å². The van der Waals surface area contributed by atoms with E-state index in [0.29, 0.717) is 18.9 Å². The van der Waals surface area contributed by atoms with Crippen LogP contribution in [-0.4, -0.2) is 30.7 Å². The molecule has 88 valence electrons. The van der Waals surface area contributed by atoms with Crippen LogP contribution in [0.1, 0.15) is 12.5 Å². The summed E-state index contributed by atoms with van der Waals surface area (Å²) >= 11 is 0. The topological polar surface area (TPSA) is 74.4 Å². The normalized spacial score (nSPS) is 11.9. The molecule has 0 aliphatic heterocycles. The largest absolute Gasteiger partial charge is 0.481 e. The predicted molar refractivity (Wildman–Crippen MR) is 59.1 cm³/mol. The Morgan fingerprint density at radius 2 is 2.31 bits per heavy atom. The first-order valence-corrected chi connectivity index (χ1v) is 5.08. The van der Waals surface area contributed by atoms with E-state index < -0.39 is 12.0 Å². The first-order chi connectivity index (χ1) is 7.67. The SMILES string of the molecule is CCOC(=O)[C@@H](N)Cc1ccc(OC)nc1. The van der Waals surface area contributed by atoms with Crippen LogP contribution < -0.4 is 10.5 Å². The van der Waals surface area contributed by atoms with Gasteiger partial charge in [0.25, 0.3) is 0 Å². The molecular weight excluding hydrogens is 208 g/mol. The van der Waals surface area contributed by atoms with E-state index in [2.05, 4.69) is 4.98 Å². The standard InChI is InChI=1S/C11H16N2O3/c1-3-16-11(14)9(12)6-8-4-5-10(15-2)13-7-8/h4-5,7,9H,3,6,12H2,1-2H3/t9-/m0/s1. The van der Waals surface area contributed by atoms with Crippen molar-refractivity contribution in [1.82, 2.24) is 4.98 Å². The number of methoxy groups -OCH3 is 1. The fourth-order valence-electron chi connectivity index (χ4n) is 1.24. The molecule has 0 aliphatic rings.